The average Bonchev–Trinajstić information content (AvgIpc) is 2.83. The maximum absolute atomic E-state index is 12.3. The van der Waals surface area contributed by atoms with Crippen molar-refractivity contribution in [2.24, 2.45) is 10.7 Å². The van der Waals surface area contributed by atoms with E-state index in [0.717, 1.165) is 17.5 Å². The van der Waals surface area contributed by atoms with Crippen LogP contribution in [0, 0.1) is 0 Å². The maximum atomic E-state index is 12.3. The van der Waals surface area contributed by atoms with Crippen molar-refractivity contribution in [3.63, 3.8) is 0 Å². The van der Waals surface area contributed by atoms with E-state index in [4.69, 9.17) is 16.2 Å². The summed E-state index contributed by atoms with van der Waals surface area (Å²) in [6.07, 6.45) is 8.01. The Bertz CT molecular complexity index is 1170. The highest BCUT2D eigenvalue weighted by atomic mass is 16.6. The first-order valence-electron chi connectivity index (χ1n) is 11.2. The Balaban J connectivity index is 1.59. The van der Waals surface area contributed by atoms with Crippen LogP contribution in [0.5, 0.6) is 0 Å². The number of ether oxygens (including phenoxy) is 1. The highest BCUT2D eigenvalue weighted by molar-refractivity contribution is 6.00. The highest BCUT2D eigenvalue weighted by Crippen LogP contribution is 2.24. The molecule has 2 aromatic rings. The van der Waals surface area contributed by atoms with E-state index in [0.29, 0.717) is 25.3 Å². The van der Waals surface area contributed by atoms with E-state index in [9.17, 15) is 9.59 Å². The van der Waals surface area contributed by atoms with Crippen LogP contribution in [0.2, 0.25) is 0 Å². The maximum Gasteiger partial charge on any atom is 0.410 e. The van der Waals surface area contributed by atoms with Gasteiger partial charge in [0, 0.05) is 37.9 Å². The van der Waals surface area contributed by atoms with Crippen LogP contribution in [0.25, 0.3) is 5.57 Å². The predicted molar refractivity (Wildman–Crippen MR) is 135 cm³/mol. The van der Waals surface area contributed by atoms with Gasteiger partial charge in [0.1, 0.15) is 5.60 Å². The van der Waals surface area contributed by atoms with Gasteiger partial charge in [-0.1, -0.05) is 24.3 Å². The summed E-state index contributed by atoms with van der Waals surface area (Å²) in [5.41, 5.74) is 14.4. The second-order valence-electron chi connectivity index (χ2n) is 8.94. The number of carbonyl (C=O) groups is 2. The molecule has 5 N–H and O–H groups in total. The number of aromatic nitrogens is 2. The van der Waals surface area contributed by atoms with Crippen molar-refractivity contribution >= 4 is 29.6 Å². The SMILES string of the molecule is CC(C)(C)OC(=O)N1CC=C(c2cccc(CN=C/C(=C\N)NC(=O)c3nccnc3N)c2)CC1. The molecule has 1 aliphatic heterocycles. The summed E-state index contributed by atoms with van der Waals surface area (Å²) in [6.45, 7) is 7.08. The van der Waals surface area contributed by atoms with Crippen LogP contribution in [0.1, 0.15) is 48.8 Å². The molecule has 0 saturated carbocycles. The van der Waals surface area contributed by atoms with Gasteiger partial charge in [-0.3, -0.25) is 9.79 Å². The van der Waals surface area contributed by atoms with Gasteiger partial charge >= 0.3 is 6.09 Å². The van der Waals surface area contributed by atoms with E-state index in [-0.39, 0.29) is 17.6 Å². The molecule has 0 aliphatic carbocycles. The van der Waals surface area contributed by atoms with Crippen molar-refractivity contribution in [3.8, 4) is 0 Å². The molecule has 0 unspecified atom stereocenters. The van der Waals surface area contributed by atoms with Gasteiger partial charge in [0.05, 0.1) is 12.2 Å². The number of amides is 2. The van der Waals surface area contributed by atoms with E-state index < -0.39 is 11.5 Å². The summed E-state index contributed by atoms with van der Waals surface area (Å²) >= 11 is 0. The van der Waals surface area contributed by atoms with Crippen molar-refractivity contribution in [1.29, 1.82) is 0 Å². The van der Waals surface area contributed by atoms with Gasteiger partial charge in [0.2, 0.25) is 0 Å². The van der Waals surface area contributed by atoms with Gasteiger partial charge in [-0.15, -0.1) is 0 Å². The zero-order valence-corrected chi connectivity index (χ0v) is 20.2. The summed E-state index contributed by atoms with van der Waals surface area (Å²) < 4.78 is 5.45. The lowest BCUT2D eigenvalue weighted by Crippen LogP contribution is -2.39. The van der Waals surface area contributed by atoms with Crippen molar-refractivity contribution < 1.29 is 14.3 Å². The number of hydrogen-bond donors (Lipinski definition) is 3. The van der Waals surface area contributed by atoms with Crippen LogP contribution >= 0.6 is 0 Å². The van der Waals surface area contributed by atoms with Gasteiger partial charge in [-0.25, -0.2) is 14.8 Å². The third-order valence-electron chi connectivity index (χ3n) is 5.04. The summed E-state index contributed by atoms with van der Waals surface area (Å²) in [4.78, 5) is 38.5. The van der Waals surface area contributed by atoms with Crippen LogP contribution in [-0.4, -0.2) is 51.8 Å². The second-order valence-corrected chi connectivity index (χ2v) is 8.94. The third-order valence-corrected chi connectivity index (χ3v) is 5.04. The summed E-state index contributed by atoms with van der Waals surface area (Å²) in [7, 11) is 0. The fourth-order valence-electron chi connectivity index (χ4n) is 3.37. The molecular formula is C25H31N7O3. The van der Waals surface area contributed by atoms with Crippen molar-refractivity contribution in [2.45, 2.75) is 39.3 Å². The normalized spacial score (nSPS) is 14.5. The van der Waals surface area contributed by atoms with E-state index >= 15 is 0 Å². The number of carbonyl (C=O) groups excluding carboxylic acids is 2. The summed E-state index contributed by atoms with van der Waals surface area (Å²) in [5, 5.41) is 2.61. The number of nitrogen functional groups attached to an aromatic ring is 1. The molecule has 35 heavy (non-hydrogen) atoms. The Morgan fingerprint density at radius 1 is 1.26 bits per heavy atom. The average molecular weight is 478 g/mol. The minimum Gasteiger partial charge on any atom is -0.444 e. The first kappa shape index (κ1) is 25.4. The van der Waals surface area contributed by atoms with Crippen LogP contribution in [0.4, 0.5) is 10.6 Å². The van der Waals surface area contributed by atoms with Gasteiger partial charge in [-0.05, 0) is 50.0 Å². The molecule has 10 nitrogen and oxygen atoms in total. The Morgan fingerprint density at radius 2 is 2.03 bits per heavy atom. The van der Waals surface area contributed by atoms with Crippen LogP contribution < -0.4 is 16.8 Å². The standard InChI is InChI=1S/C25H31N7O3/c1-25(2,3)35-24(34)32-11-7-18(8-12-32)19-6-4-5-17(13-19)15-28-16-20(14-26)31-23(33)21-22(27)30-10-9-29-21/h4-7,9-10,13-14,16H,8,11-12,15,26H2,1-3H3,(H2,27,30)(H,31,33)/b20-14+,28-16?. The zero-order valence-electron chi connectivity index (χ0n) is 20.2. The second kappa shape index (κ2) is 11.3. The molecule has 0 bridgehead atoms. The van der Waals surface area contributed by atoms with Gasteiger partial charge in [0.25, 0.3) is 5.91 Å². The number of benzene rings is 1. The van der Waals surface area contributed by atoms with E-state index in [1.807, 2.05) is 39.0 Å². The van der Waals surface area contributed by atoms with Crippen LogP contribution in [-0.2, 0) is 11.3 Å². The Morgan fingerprint density at radius 3 is 2.69 bits per heavy atom. The van der Waals surface area contributed by atoms with Crippen molar-refractivity contribution in [1.82, 2.24) is 20.2 Å². The third kappa shape index (κ3) is 7.39. The lowest BCUT2D eigenvalue weighted by molar-refractivity contribution is 0.0270. The molecule has 0 atom stereocenters. The van der Waals surface area contributed by atoms with E-state index in [1.165, 1.54) is 30.4 Å². The molecule has 1 aromatic carbocycles. The molecule has 3 rings (SSSR count). The number of hydrogen-bond acceptors (Lipinski definition) is 8. The summed E-state index contributed by atoms with van der Waals surface area (Å²) in [6, 6.07) is 8.05. The molecule has 10 heteroatoms. The molecule has 0 radical (unpaired) electrons. The van der Waals surface area contributed by atoms with E-state index in [1.54, 1.807) is 4.90 Å². The number of nitrogens with two attached hydrogens (primary N) is 2. The predicted octanol–water partition coefficient (Wildman–Crippen LogP) is 2.88. The fourth-order valence-corrected chi connectivity index (χ4v) is 3.37. The number of anilines is 1. The minimum absolute atomic E-state index is 0.0129. The molecule has 2 amide bonds. The van der Waals surface area contributed by atoms with Crippen LogP contribution in [0.15, 0.2) is 59.6 Å². The number of nitrogens with zero attached hydrogens (tertiary/aromatic N) is 4. The zero-order chi connectivity index (χ0) is 25.4. The molecule has 2 heterocycles. The molecule has 0 fully saturated rings. The lowest BCUT2D eigenvalue weighted by Gasteiger charge is -2.29. The number of nitrogens with one attached hydrogen (secondary N) is 1. The minimum atomic E-state index is -0.523. The Kier molecular flexibility index (Phi) is 8.19. The smallest absolute Gasteiger partial charge is 0.410 e. The summed E-state index contributed by atoms with van der Waals surface area (Å²) in [5.74, 6) is -0.494. The Hall–Kier alpha value is -4.21. The first-order valence-corrected chi connectivity index (χ1v) is 11.2. The Labute approximate surface area is 204 Å². The first-order chi connectivity index (χ1) is 16.7. The monoisotopic (exact) mass is 477 g/mol. The van der Waals surface area contributed by atoms with Gasteiger partial charge < -0.3 is 26.4 Å². The molecule has 184 valence electrons. The molecule has 1 aromatic heterocycles. The molecule has 0 spiro atoms. The molecule has 1 aliphatic rings. The number of rotatable bonds is 6. The van der Waals surface area contributed by atoms with Crippen LogP contribution in [0.3, 0.4) is 0 Å². The lowest BCUT2D eigenvalue weighted by atomic mass is 9.98. The fraction of sp³-hybridized carbons (Fsp3) is 0.320. The van der Waals surface area contributed by atoms with Gasteiger partial charge in [0.15, 0.2) is 11.5 Å². The van der Waals surface area contributed by atoms with Crippen molar-refractivity contribution in [2.75, 3.05) is 18.8 Å². The molecule has 0 saturated heterocycles. The van der Waals surface area contributed by atoms with E-state index in [2.05, 4.69) is 32.4 Å². The highest BCUT2D eigenvalue weighted by Gasteiger charge is 2.23. The number of aliphatic imine (C=N–C) groups is 1. The largest absolute Gasteiger partial charge is 0.444 e. The van der Waals surface area contributed by atoms with Crippen molar-refractivity contribution in [3.05, 3.63) is 71.5 Å². The number of allylic oxidation sites excluding steroid dienone is 1. The quantitative estimate of drug-likeness (QED) is 0.542. The topological polar surface area (TPSA) is 149 Å². The van der Waals surface area contributed by atoms with Gasteiger partial charge in [-0.2, -0.15) is 0 Å². The molecular weight excluding hydrogens is 446 g/mol.